The largest absolute Gasteiger partial charge is 0.507 e. The lowest BCUT2D eigenvalue weighted by atomic mass is 9.49. The van der Waals surface area contributed by atoms with E-state index in [1.165, 1.54) is 127 Å². The number of phenolic OH excluding ortho intramolecular Hbond substituents is 3. The molecule has 2 unspecified atom stereocenters. The molecular weight excluding hydrogens is 1610 g/mol. The molecular formula is C93H111N19O14. The third-order valence-electron chi connectivity index (χ3n) is 22.1. The summed E-state index contributed by atoms with van der Waals surface area (Å²) >= 11 is 0. The van der Waals surface area contributed by atoms with Gasteiger partial charge in [-0.15, -0.1) is 0 Å². The summed E-state index contributed by atoms with van der Waals surface area (Å²) in [5.74, 6) is 1.77. The SMILES string of the molecule is C/C(=N\NC(=O)NC1CCCCC1)c1ccc2c(c1)OCO2.CC(=O)N/N=C/c1cc(C(C)C)cc(/C=N/NC(C)=O)c1O.CC1(C)C2CC=C(/C=N/NC(=O)NC3CCCCC3)C1C2.COc1cccc(/C=N/NC(=O)c2ccncc2)c1O.O=C(N/N=C/c1ccc[nH]1)c1ccccc1O.O=C(N/N=C1/C(=O)c2cccc3cccc1c23)NC1CCCCC1. The van der Waals surface area contributed by atoms with E-state index in [-0.39, 0.29) is 89.2 Å². The minimum atomic E-state index is -0.453. The quantitative estimate of drug-likeness (QED) is 0.0249. The van der Waals surface area contributed by atoms with Gasteiger partial charge < -0.3 is 50.5 Å². The number of phenols is 3. The molecule has 1 aliphatic heterocycles. The number of Topliss-reactive ketones (excluding diaryl/α,β-unsaturated/α-hetero) is 1. The zero-order valence-electron chi connectivity index (χ0n) is 72.0. The molecule has 16 rings (SSSR count). The number of rotatable bonds is 20. The van der Waals surface area contributed by atoms with Crippen LogP contribution in [0.4, 0.5) is 14.4 Å². The maximum atomic E-state index is 12.6. The fourth-order valence-electron chi connectivity index (χ4n) is 15.1. The number of carbonyl (C=O) groups is 8. The Bertz CT molecular complexity index is 5300. The molecule has 33 nitrogen and oxygen atoms in total. The van der Waals surface area contributed by atoms with E-state index in [2.05, 4.69) is 120 Å². The van der Waals surface area contributed by atoms with Gasteiger partial charge in [-0.2, -0.15) is 35.7 Å². The molecule has 14 N–H and O–H groups in total. The van der Waals surface area contributed by atoms with E-state index in [1.54, 1.807) is 66.9 Å². The normalized spacial score (nSPS) is 17.1. The lowest BCUT2D eigenvalue weighted by Crippen LogP contribution is -2.48. The highest BCUT2D eigenvalue weighted by atomic mass is 16.7. The maximum absolute atomic E-state index is 12.6. The van der Waals surface area contributed by atoms with Gasteiger partial charge in [-0.25, -0.2) is 52.4 Å². The number of pyridine rings is 1. The van der Waals surface area contributed by atoms with E-state index in [0.29, 0.717) is 62.4 Å². The number of amides is 10. The van der Waals surface area contributed by atoms with Crippen molar-refractivity contribution in [1.82, 2.24) is 63.9 Å². The van der Waals surface area contributed by atoms with Crippen molar-refractivity contribution in [2.75, 3.05) is 13.9 Å². The van der Waals surface area contributed by atoms with Gasteiger partial charge in [0.2, 0.25) is 24.4 Å². The first kappa shape index (κ1) is 93.9. The second-order valence-electron chi connectivity index (χ2n) is 31.8. The number of aromatic hydroxyl groups is 3. The fraction of sp³-hybridized carbons (Fsp3) is 0.355. The second kappa shape index (κ2) is 47.3. The number of methoxy groups -OCH3 is 1. The van der Waals surface area contributed by atoms with Crippen molar-refractivity contribution in [3.05, 3.63) is 219 Å². The predicted molar refractivity (Wildman–Crippen MR) is 485 cm³/mol. The van der Waals surface area contributed by atoms with Crippen LogP contribution in [0.1, 0.15) is 234 Å². The highest BCUT2D eigenvalue weighted by molar-refractivity contribution is 6.59. The van der Waals surface area contributed by atoms with Gasteiger partial charge in [0.25, 0.3) is 11.8 Å². The number of carbonyl (C=O) groups excluding carboxylic acids is 8. The number of hydrogen-bond acceptors (Lipinski definition) is 22. The number of nitrogens with one attached hydrogen (secondary N) is 11. The zero-order chi connectivity index (χ0) is 89.9. The molecule has 7 aliphatic carbocycles. The molecule has 33 heteroatoms. The molecule has 2 atom stereocenters. The minimum absolute atomic E-state index is 0.0306. The van der Waals surface area contributed by atoms with Crippen molar-refractivity contribution in [2.24, 2.45) is 53.0 Å². The van der Waals surface area contributed by atoms with Crippen LogP contribution in [-0.2, 0) is 9.59 Å². The van der Waals surface area contributed by atoms with Crippen LogP contribution in [0.25, 0.3) is 10.8 Å². The van der Waals surface area contributed by atoms with Crippen molar-refractivity contribution in [1.29, 1.82) is 0 Å². The number of aromatic amines is 1. The molecule has 0 spiro atoms. The summed E-state index contributed by atoms with van der Waals surface area (Å²) in [4.78, 5) is 100.0. The van der Waals surface area contributed by atoms with Crippen LogP contribution >= 0.6 is 0 Å². The van der Waals surface area contributed by atoms with Gasteiger partial charge in [-0.1, -0.05) is 146 Å². The molecule has 0 saturated heterocycles. The molecule has 4 saturated carbocycles. The number of fused-ring (bicyclic) bond motifs is 2. The first-order valence-electron chi connectivity index (χ1n) is 42.2. The van der Waals surface area contributed by atoms with Crippen LogP contribution in [0.15, 0.2) is 199 Å². The third-order valence-corrected chi connectivity index (χ3v) is 22.1. The summed E-state index contributed by atoms with van der Waals surface area (Å²) in [5.41, 5.74) is 25.7. The van der Waals surface area contributed by atoms with Crippen LogP contribution in [0.2, 0.25) is 0 Å². The Morgan fingerprint density at radius 2 is 1.10 bits per heavy atom. The Morgan fingerprint density at radius 3 is 1.68 bits per heavy atom. The van der Waals surface area contributed by atoms with E-state index >= 15 is 0 Å². The zero-order valence-corrected chi connectivity index (χ0v) is 72.0. The van der Waals surface area contributed by atoms with Gasteiger partial charge in [0.15, 0.2) is 23.0 Å². The second-order valence-corrected chi connectivity index (χ2v) is 31.8. The first-order chi connectivity index (χ1) is 60.8. The van der Waals surface area contributed by atoms with E-state index < -0.39 is 5.91 Å². The smallest absolute Gasteiger partial charge is 0.335 e. The average Bonchev–Trinajstić information content (AvgIpc) is 0.762. The summed E-state index contributed by atoms with van der Waals surface area (Å²) in [6, 6.07) is 38.7. The highest BCUT2D eigenvalue weighted by Gasteiger charge is 2.51. The number of hydrogen-bond donors (Lipinski definition) is 14. The first-order valence-corrected chi connectivity index (χ1v) is 42.2. The van der Waals surface area contributed by atoms with E-state index in [1.807, 2.05) is 87.6 Å². The van der Waals surface area contributed by atoms with Crippen LogP contribution in [0, 0.1) is 17.3 Å². The minimum Gasteiger partial charge on any atom is -0.507 e. The van der Waals surface area contributed by atoms with Crippen molar-refractivity contribution >= 4 is 101 Å². The Labute approximate surface area is 731 Å². The van der Waals surface area contributed by atoms with Crippen molar-refractivity contribution < 1.29 is 67.9 Å². The molecule has 3 heterocycles. The number of benzene rings is 6. The Balaban J connectivity index is 0.000000158. The van der Waals surface area contributed by atoms with E-state index in [0.717, 1.165) is 108 Å². The molecule has 8 aliphatic rings. The Morgan fingerprint density at radius 1 is 0.548 bits per heavy atom. The van der Waals surface area contributed by atoms with Gasteiger partial charge >= 0.3 is 18.1 Å². The average molecular weight is 1720 g/mol. The number of aromatic nitrogens is 2. The molecule has 2 aromatic heterocycles. The lowest BCUT2D eigenvalue weighted by molar-refractivity contribution is -0.119. The molecule has 0 radical (unpaired) electrons. The van der Waals surface area contributed by atoms with E-state index in [9.17, 15) is 53.7 Å². The highest BCUT2D eigenvalue weighted by Crippen LogP contribution is 2.58. The number of urea groups is 3. The van der Waals surface area contributed by atoms with Crippen LogP contribution < -0.4 is 68.1 Å². The summed E-state index contributed by atoms with van der Waals surface area (Å²) in [7, 11) is 1.46. The van der Waals surface area contributed by atoms with Crippen molar-refractivity contribution in [3.8, 4) is 34.5 Å². The van der Waals surface area contributed by atoms with Gasteiger partial charge in [-0.3, -0.25) is 29.0 Å². The number of para-hydroxylation sites is 2. The number of hydrazone groups is 7. The van der Waals surface area contributed by atoms with Crippen LogP contribution in [-0.4, -0.2) is 147 Å². The standard InChI is InChI=1S/C19H19N3O2.C17H27N3O.C16H21N3O3.C15H20N4O3.C14H13N3O3.C12H11N3O2/c23-18-15-11-5-7-12-6-4-10-14(16(12)15)17(18)21-22-19(24)20-13-8-2-1-3-9-13;1-17(2)13-9-8-12(15(17)10-13)11-18-20-16(21)19-14-6-4-3-5-7-14;1-11(12-7-8-14-15(9-12)22-10-21-14)18-19-16(20)17-13-5-3-2-4-6-13;1-9(2)12-5-13(7-16-18-10(3)20)15(22)14(6-12)8-17-19-11(4)21;1-20-12-4-2-3-11(13(12)18)9-16-17-14(19)10-5-7-15-8-6-10;16-11-6-2-1-5-10(11)12(17)15-14-8-9-4-3-7-13-9/h4-7,10-11,13H,1-3,8-9H2,(H2,20,22,24);8,11,13-15H,3-7,9-10H2,1-2H3,(H2,19,20,21);7-9,13H,2-6,10H2,1H3,(H2,17,19,20);5-9,22H,1-4H3,(H,18,20)(H,19,21);2-9,18H,1H3,(H,17,19);1-8,13,16H,(H,15,17)/b21-17+;2*18-11+;16-7+,17-8+;16-9+;14-8+. The maximum Gasteiger partial charge on any atom is 0.335 e. The predicted octanol–water partition coefficient (Wildman–Crippen LogP) is 14.2. The molecule has 6 aromatic carbocycles. The van der Waals surface area contributed by atoms with Gasteiger partial charge in [-0.05, 0) is 177 Å². The van der Waals surface area contributed by atoms with Gasteiger partial charge in [0, 0.05) is 94.9 Å². The fourth-order valence-corrected chi connectivity index (χ4v) is 15.1. The number of H-pyrrole nitrogens is 1. The third kappa shape index (κ3) is 27.8. The van der Waals surface area contributed by atoms with Crippen molar-refractivity contribution in [2.45, 2.75) is 182 Å². The van der Waals surface area contributed by atoms with Crippen LogP contribution in [0.3, 0.4) is 0 Å². The van der Waals surface area contributed by atoms with E-state index in [4.69, 9.17) is 14.2 Å². The molecule has 4 fully saturated rings. The molecule has 126 heavy (non-hydrogen) atoms. The van der Waals surface area contributed by atoms with Crippen LogP contribution in [0.5, 0.6) is 34.5 Å². The lowest BCUT2D eigenvalue weighted by Gasteiger charge is -2.55. The van der Waals surface area contributed by atoms with Gasteiger partial charge in [0.05, 0.1) is 55.2 Å². The summed E-state index contributed by atoms with van der Waals surface area (Å²) < 4.78 is 15.6. The topological polar surface area (TPSA) is 460 Å². The monoisotopic (exact) mass is 1720 g/mol. The molecule has 10 amide bonds. The summed E-state index contributed by atoms with van der Waals surface area (Å²) in [6.07, 6.45) is 34.1. The number of ether oxygens (including phenoxy) is 3. The number of ketones is 1. The molecule has 2 bridgehead atoms. The molecule has 662 valence electrons. The Hall–Kier alpha value is -14.4. The molecule has 8 aromatic rings. The number of allylic oxidation sites excluding steroid dienone is 2. The summed E-state index contributed by atoms with van der Waals surface area (Å²) in [5, 5.41) is 67.8. The van der Waals surface area contributed by atoms with Gasteiger partial charge in [0.1, 0.15) is 17.2 Å². The Kier molecular flexibility index (Phi) is 35.2. The summed E-state index contributed by atoms with van der Waals surface area (Å²) in [6.45, 7) is 13.5. The number of nitrogens with zero attached hydrogens (tertiary/aromatic N) is 8. The van der Waals surface area contributed by atoms with Crippen molar-refractivity contribution in [3.63, 3.8) is 0 Å².